The highest BCUT2D eigenvalue weighted by molar-refractivity contribution is 5.89. The van der Waals surface area contributed by atoms with Crippen molar-refractivity contribution in [3.8, 4) is 6.07 Å². The molecule has 0 bridgehead atoms. The van der Waals surface area contributed by atoms with Crippen molar-refractivity contribution in [3.63, 3.8) is 0 Å². The minimum absolute atomic E-state index is 0.00819. The molecule has 3 rings (SSSR count). The van der Waals surface area contributed by atoms with Crippen LogP contribution >= 0.6 is 0 Å². The quantitative estimate of drug-likeness (QED) is 0.619. The number of hydrogen-bond acceptors (Lipinski definition) is 4. The van der Waals surface area contributed by atoms with Gasteiger partial charge in [-0.1, -0.05) is 0 Å². The van der Waals surface area contributed by atoms with E-state index in [0.29, 0.717) is 12.4 Å². The van der Waals surface area contributed by atoms with Crippen molar-refractivity contribution in [2.75, 3.05) is 6.61 Å². The Hall–Kier alpha value is -1.76. The van der Waals surface area contributed by atoms with Crippen molar-refractivity contribution < 1.29 is 13.9 Å². The van der Waals surface area contributed by atoms with Crippen LogP contribution in [0.5, 0.6) is 0 Å². The molecule has 1 saturated carbocycles. The van der Waals surface area contributed by atoms with Crippen molar-refractivity contribution in [2.24, 2.45) is 11.3 Å². The maximum absolute atomic E-state index is 11.4. The molecule has 0 aromatic carbocycles. The van der Waals surface area contributed by atoms with E-state index < -0.39 is 11.4 Å². The molecule has 0 spiro atoms. The molecule has 4 nitrogen and oxygen atoms in total. The predicted octanol–water partition coefficient (Wildman–Crippen LogP) is 1.06. The summed E-state index contributed by atoms with van der Waals surface area (Å²) in [4.78, 5) is 11.4. The first-order valence-corrected chi connectivity index (χ1v) is 4.42. The average Bonchev–Trinajstić information content (AvgIpc) is 2.58. The Morgan fingerprint density at radius 3 is 3.07 bits per heavy atom. The third kappa shape index (κ3) is 0.630. The van der Waals surface area contributed by atoms with E-state index in [0.717, 1.165) is 0 Å². The van der Waals surface area contributed by atoms with E-state index in [9.17, 15) is 4.79 Å². The Balaban J connectivity index is 2.02. The van der Waals surface area contributed by atoms with E-state index in [2.05, 4.69) is 6.07 Å². The van der Waals surface area contributed by atoms with Crippen molar-refractivity contribution in [1.29, 1.82) is 5.26 Å². The number of cyclic esters (lactones) is 1. The number of furan rings is 1. The lowest BCUT2D eigenvalue weighted by Gasteiger charge is -2.03. The molecule has 2 aliphatic rings. The molecule has 0 N–H and O–H groups in total. The third-order valence-electron chi connectivity index (χ3n) is 3.14. The van der Waals surface area contributed by atoms with Crippen LogP contribution < -0.4 is 0 Å². The Kier molecular flexibility index (Phi) is 1.19. The Morgan fingerprint density at radius 1 is 1.64 bits per heavy atom. The maximum Gasteiger partial charge on any atom is 0.327 e. The zero-order valence-corrected chi connectivity index (χ0v) is 7.27. The van der Waals surface area contributed by atoms with E-state index in [1.54, 1.807) is 18.4 Å². The van der Waals surface area contributed by atoms with Gasteiger partial charge >= 0.3 is 5.97 Å². The molecule has 3 atom stereocenters. The van der Waals surface area contributed by atoms with Crippen LogP contribution in [0.4, 0.5) is 0 Å². The lowest BCUT2D eigenvalue weighted by Crippen LogP contribution is -2.14. The summed E-state index contributed by atoms with van der Waals surface area (Å²) in [5, 5.41) is 9.01. The van der Waals surface area contributed by atoms with Gasteiger partial charge in [0.1, 0.15) is 5.76 Å². The molecular weight excluding hydrogens is 182 g/mol. The van der Waals surface area contributed by atoms with Gasteiger partial charge in [-0.2, -0.15) is 5.26 Å². The predicted molar refractivity (Wildman–Crippen MR) is 43.9 cm³/mol. The van der Waals surface area contributed by atoms with E-state index in [4.69, 9.17) is 14.4 Å². The summed E-state index contributed by atoms with van der Waals surface area (Å²) < 4.78 is 10.0. The van der Waals surface area contributed by atoms with E-state index in [1.807, 2.05) is 0 Å². The van der Waals surface area contributed by atoms with Crippen LogP contribution in [0.3, 0.4) is 0 Å². The van der Waals surface area contributed by atoms with Gasteiger partial charge in [-0.15, -0.1) is 0 Å². The Bertz CT molecular complexity index is 431. The Labute approximate surface area is 80.1 Å². The van der Waals surface area contributed by atoms with Crippen molar-refractivity contribution in [1.82, 2.24) is 0 Å². The zero-order chi connectivity index (χ0) is 9.76. The fourth-order valence-corrected chi connectivity index (χ4v) is 2.34. The standard InChI is InChI=1S/C10H7NO3/c11-5-10-6(4-14-9(10)12)8(10)7-2-1-3-13-7/h1-3,6,8H,4H2/t6-,8+,10-/m0/s1. The average molecular weight is 189 g/mol. The molecule has 0 amide bonds. The van der Waals surface area contributed by atoms with Crippen LogP contribution in [0.1, 0.15) is 11.7 Å². The third-order valence-corrected chi connectivity index (χ3v) is 3.14. The molecule has 0 radical (unpaired) electrons. The summed E-state index contributed by atoms with van der Waals surface area (Å²) in [6, 6.07) is 5.63. The summed E-state index contributed by atoms with van der Waals surface area (Å²) in [6.07, 6.45) is 1.56. The SMILES string of the molecule is N#C[C@]12C(=O)OC[C@H]1[C@@H]2c1ccco1. The van der Waals surface area contributed by atoms with Gasteiger partial charge in [-0.3, -0.25) is 4.79 Å². The summed E-state index contributed by atoms with van der Waals surface area (Å²) in [5.41, 5.74) is -0.947. The number of carbonyl (C=O) groups excluding carboxylic acids is 1. The van der Waals surface area contributed by atoms with E-state index in [-0.39, 0.29) is 11.8 Å². The van der Waals surface area contributed by atoms with Crippen molar-refractivity contribution in [2.45, 2.75) is 5.92 Å². The number of ether oxygens (including phenoxy) is 1. The number of nitrogens with zero attached hydrogens (tertiary/aromatic N) is 1. The lowest BCUT2D eigenvalue weighted by molar-refractivity contribution is -0.143. The fourth-order valence-electron chi connectivity index (χ4n) is 2.34. The first-order valence-electron chi connectivity index (χ1n) is 4.42. The molecule has 1 aromatic rings. The zero-order valence-electron chi connectivity index (χ0n) is 7.27. The molecule has 14 heavy (non-hydrogen) atoms. The van der Waals surface area contributed by atoms with Gasteiger partial charge in [-0.05, 0) is 12.1 Å². The molecule has 1 aliphatic heterocycles. The normalized spacial score (nSPS) is 38.6. The summed E-state index contributed by atoms with van der Waals surface area (Å²) in [5.74, 6) is 0.217. The molecule has 70 valence electrons. The van der Waals surface area contributed by atoms with Crippen LogP contribution in [0.25, 0.3) is 0 Å². The number of hydrogen-bond donors (Lipinski definition) is 0. The van der Waals surface area contributed by atoms with Crippen LogP contribution in [-0.4, -0.2) is 12.6 Å². The highest BCUT2D eigenvalue weighted by Crippen LogP contribution is 2.68. The minimum atomic E-state index is -0.947. The molecule has 0 unspecified atom stereocenters. The highest BCUT2D eigenvalue weighted by atomic mass is 16.5. The summed E-state index contributed by atoms with van der Waals surface area (Å²) in [7, 11) is 0. The lowest BCUT2D eigenvalue weighted by atomic mass is 10.1. The van der Waals surface area contributed by atoms with Crippen molar-refractivity contribution >= 4 is 5.97 Å². The topological polar surface area (TPSA) is 63.2 Å². The number of nitriles is 1. The monoisotopic (exact) mass is 189 g/mol. The van der Waals surface area contributed by atoms with Gasteiger partial charge in [0.25, 0.3) is 0 Å². The van der Waals surface area contributed by atoms with Gasteiger partial charge in [0.15, 0.2) is 5.41 Å². The van der Waals surface area contributed by atoms with E-state index >= 15 is 0 Å². The molecule has 2 heterocycles. The van der Waals surface area contributed by atoms with E-state index in [1.165, 1.54) is 0 Å². The molecule has 2 fully saturated rings. The number of fused-ring (bicyclic) bond motifs is 1. The second kappa shape index (κ2) is 2.18. The number of rotatable bonds is 1. The minimum Gasteiger partial charge on any atom is -0.469 e. The van der Waals surface area contributed by atoms with Gasteiger partial charge in [0.05, 0.1) is 24.9 Å². The second-order valence-electron chi connectivity index (χ2n) is 3.68. The maximum atomic E-state index is 11.4. The summed E-state index contributed by atoms with van der Waals surface area (Å²) >= 11 is 0. The molecular formula is C10H7NO3. The fraction of sp³-hybridized carbons (Fsp3) is 0.400. The number of carbonyl (C=O) groups is 1. The summed E-state index contributed by atoms with van der Waals surface area (Å²) in [6.45, 7) is 0.345. The van der Waals surface area contributed by atoms with Gasteiger partial charge in [0, 0.05) is 5.92 Å². The molecule has 1 aromatic heterocycles. The van der Waals surface area contributed by atoms with Gasteiger partial charge in [-0.25, -0.2) is 0 Å². The highest BCUT2D eigenvalue weighted by Gasteiger charge is 2.77. The largest absolute Gasteiger partial charge is 0.469 e. The van der Waals surface area contributed by atoms with Crippen LogP contribution in [0, 0.1) is 22.7 Å². The van der Waals surface area contributed by atoms with Crippen LogP contribution in [-0.2, 0) is 9.53 Å². The second-order valence-corrected chi connectivity index (χ2v) is 3.68. The molecule has 4 heteroatoms. The van der Waals surface area contributed by atoms with Crippen LogP contribution in [0.15, 0.2) is 22.8 Å². The van der Waals surface area contributed by atoms with Crippen LogP contribution in [0.2, 0.25) is 0 Å². The first-order chi connectivity index (χ1) is 6.80. The number of esters is 1. The molecule has 1 saturated heterocycles. The first kappa shape index (κ1) is 7.63. The molecule has 1 aliphatic carbocycles. The van der Waals surface area contributed by atoms with Gasteiger partial charge < -0.3 is 9.15 Å². The Morgan fingerprint density at radius 2 is 2.50 bits per heavy atom. The van der Waals surface area contributed by atoms with Crippen molar-refractivity contribution in [3.05, 3.63) is 24.2 Å². The van der Waals surface area contributed by atoms with Gasteiger partial charge in [0.2, 0.25) is 0 Å². The smallest absolute Gasteiger partial charge is 0.327 e.